The normalized spacial score (nSPS) is 15.0. The summed E-state index contributed by atoms with van der Waals surface area (Å²) >= 11 is 0. The summed E-state index contributed by atoms with van der Waals surface area (Å²) < 4.78 is 65.3. The second kappa shape index (κ2) is 26.3. The van der Waals surface area contributed by atoms with Crippen LogP contribution in [-0.4, -0.2) is 50.6 Å². The van der Waals surface area contributed by atoms with Crippen molar-refractivity contribution in [3.63, 3.8) is 0 Å². The first kappa shape index (κ1) is 58.9. The van der Waals surface area contributed by atoms with E-state index in [1.807, 2.05) is 84.9 Å². The van der Waals surface area contributed by atoms with Crippen molar-refractivity contribution < 1.29 is 57.0 Å². The summed E-state index contributed by atoms with van der Waals surface area (Å²) in [6, 6.07) is 36.9. The van der Waals surface area contributed by atoms with E-state index >= 15 is 8.78 Å². The molecule has 78 heavy (non-hydrogen) atoms. The van der Waals surface area contributed by atoms with Gasteiger partial charge in [0, 0.05) is 25.3 Å². The molecule has 0 spiro atoms. The summed E-state index contributed by atoms with van der Waals surface area (Å²) in [7, 11) is 6.52. The fourth-order valence-electron chi connectivity index (χ4n) is 10.6. The van der Waals surface area contributed by atoms with Gasteiger partial charge in [-0.1, -0.05) is 90.1 Å². The number of hydrogen-bond donors (Lipinski definition) is 2. The number of hydrogen-bond acceptors (Lipinski definition) is 8. The van der Waals surface area contributed by atoms with Crippen LogP contribution in [0, 0.1) is 34.3 Å². The zero-order chi connectivity index (χ0) is 56.3. The molecule has 0 heterocycles. The van der Waals surface area contributed by atoms with E-state index < -0.39 is 11.9 Å². The minimum absolute atomic E-state index is 0.00781. The molecule has 0 unspecified atom stereocenters. The number of rotatable bonds is 26. The number of methoxy groups -OCH3 is 4. The molecule has 0 saturated heterocycles. The van der Waals surface area contributed by atoms with Gasteiger partial charge in [0.25, 0.3) is 0 Å². The maximum absolute atomic E-state index is 15.1. The van der Waals surface area contributed by atoms with E-state index in [0.717, 1.165) is 83.0 Å². The number of benzene rings is 6. The molecule has 0 aromatic heterocycles. The van der Waals surface area contributed by atoms with Crippen molar-refractivity contribution in [1.29, 1.82) is 0 Å². The van der Waals surface area contributed by atoms with Crippen molar-refractivity contribution in [1.82, 2.24) is 0 Å². The van der Waals surface area contributed by atoms with E-state index in [1.165, 1.54) is 12.1 Å². The Labute approximate surface area is 460 Å². The van der Waals surface area contributed by atoms with Gasteiger partial charge in [-0.05, 0) is 190 Å². The summed E-state index contributed by atoms with van der Waals surface area (Å²) in [5, 5.41) is 18.8. The van der Waals surface area contributed by atoms with Gasteiger partial charge in [0.15, 0.2) is 0 Å². The van der Waals surface area contributed by atoms with E-state index in [1.54, 1.807) is 52.7 Å². The lowest BCUT2D eigenvalue weighted by Gasteiger charge is -2.34. The topological polar surface area (TPSA) is 130 Å². The van der Waals surface area contributed by atoms with E-state index in [9.17, 15) is 19.8 Å². The molecular formula is C66H78F2O10. The first-order chi connectivity index (χ1) is 37.3. The lowest BCUT2D eigenvalue weighted by molar-refractivity contribution is -0.138. The molecule has 0 radical (unpaired) electrons. The van der Waals surface area contributed by atoms with Gasteiger partial charge in [0.2, 0.25) is 0 Å². The maximum Gasteiger partial charge on any atom is 0.303 e. The molecule has 6 aromatic rings. The largest absolute Gasteiger partial charge is 0.497 e. The van der Waals surface area contributed by atoms with Gasteiger partial charge in [-0.2, -0.15) is 0 Å². The van der Waals surface area contributed by atoms with Crippen molar-refractivity contribution in [3.05, 3.63) is 166 Å². The molecule has 8 rings (SSSR count). The minimum atomic E-state index is -0.777. The van der Waals surface area contributed by atoms with Crippen LogP contribution in [0.5, 0.6) is 23.0 Å². The van der Waals surface area contributed by atoms with Gasteiger partial charge < -0.3 is 38.6 Å². The third kappa shape index (κ3) is 14.9. The molecule has 12 heteroatoms. The van der Waals surface area contributed by atoms with Crippen LogP contribution in [0.15, 0.2) is 121 Å². The standard InChI is InChI=1S/2C33H39FO5/c2*1-6-33(2,3)32(38-5)29-16-21(10-14-26(29)28-18-24(37-4)13-15-30(28)34)20-39-25-9-7-8-23(17-25)27(19-31(35)36)22-11-12-22/h2*7-10,13-18,22,27,32H,6,11-12,19-20H2,1-5H3,(H,35,36)/t27-,32+;27-,32-/m11/s1. The molecule has 2 fully saturated rings. The third-order valence-electron chi connectivity index (χ3n) is 16.0. The van der Waals surface area contributed by atoms with Crippen LogP contribution in [0.1, 0.15) is 150 Å². The average molecular weight is 1070 g/mol. The Kier molecular flexibility index (Phi) is 19.8. The monoisotopic (exact) mass is 1070 g/mol. The number of carbonyl (C=O) groups is 2. The highest BCUT2D eigenvalue weighted by Gasteiger charge is 2.36. The number of aliphatic carboxylic acids is 2. The van der Waals surface area contributed by atoms with Crippen molar-refractivity contribution in [3.8, 4) is 45.3 Å². The van der Waals surface area contributed by atoms with Crippen molar-refractivity contribution in [2.24, 2.45) is 22.7 Å². The zero-order valence-electron chi connectivity index (χ0n) is 47.0. The van der Waals surface area contributed by atoms with Gasteiger partial charge in [-0.15, -0.1) is 0 Å². The fourth-order valence-corrected chi connectivity index (χ4v) is 10.6. The molecule has 0 amide bonds. The predicted molar refractivity (Wildman–Crippen MR) is 301 cm³/mol. The summed E-state index contributed by atoms with van der Waals surface area (Å²) in [5.74, 6) is 1.23. The fraction of sp³-hybridized carbons (Fsp3) is 0.424. The number of ether oxygens (including phenoxy) is 6. The highest BCUT2D eigenvalue weighted by atomic mass is 19.1. The predicted octanol–water partition coefficient (Wildman–Crippen LogP) is 16.3. The second-order valence-electron chi connectivity index (χ2n) is 22.3. The zero-order valence-corrected chi connectivity index (χ0v) is 47.0. The number of carboxylic acids is 2. The van der Waals surface area contributed by atoms with E-state index in [4.69, 9.17) is 28.4 Å². The summed E-state index contributed by atoms with van der Waals surface area (Å²) in [4.78, 5) is 22.9. The second-order valence-corrected chi connectivity index (χ2v) is 22.3. The Balaban J connectivity index is 0.000000226. The lowest BCUT2D eigenvalue weighted by atomic mass is 9.77. The number of halogens is 2. The van der Waals surface area contributed by atoms with Gasteiger partial charge >= 0.3 is 11.9 Å². The van der Waals surface area contributed by atoms with Crippen LogP contribution in [-0.2, 0) is 32.3 Å². The van der Waals surface area contributed by atoms with Crippen LogP contribution in [0.2, 0.25) is 0 Å². The first-order valence-electron chi connectivity index (χ1n) is 27.2. The minimum Gasteiger partial charge on any atom is -0.497 e. The van der Waals surface area contributed by atoms with Crippen molar-refractivity contribution in [2.45, 2.75) is 130 Å². The first-order valence-corrected chi connectivity index (χ1v) is 27.2. The summed E-state index contributed by atoms with van der Waals surface area (Å²) in [6.07, 6.45) is 5.73. The van der Waals surface area contributed by atoms with Crippen LogP contribution in [0.4, 0.5) is 8.78 Å². The van der Waals surface area contributed by atoms with Gasteiger partial charge in [0.1, 0.15) is 47.8 Å². The molecule has 2 aliphatic rings. The van der Waals surface area contributed by atoms with Gasteiger partial charge in [-0.25, -0.2) is 8.78 Å². The van der Waals surface area contributed by atoms with Crippen LogP contribution in [0.3, 0.4) is 0 Å². The van der Waals surface area contributed by atoms with Gasteiger partial charge in [0.05, 0.1) is 39.3 Å². The summed E-state index contributed by atoms with van der Waals surface area (Å²) in [5.41, 5.74) is 7.69. The van der Waals surface area contributed by atoms with Crippen molar-refractivity contribution >= 4 is 11.9 Å². The molecule has 416 valence electrons. The molecule has 2 saturated carbocycles. The molecule has 4 atom stereocenters. The molecular weight excluding hydrogens is 991 g/mol. The van der Waals surface area contributed by atoms with Crippen molar-refractivity contribution in [2.75, 3.05) is 28.4 Å². The highest BCUT2D eigenvalue weighted by molar-refractivity contribution is 5.72. The lowest BCUT2D eigenvalue weighted by Crippen LogP contribution is -2.24. The number of carboxylic acid groups (broad SMARTS) is 2. The van der Waals surface area contributed by atoms with E-state index in [2.05, 4.69) is 41.5 Å². The molecule has 0 bridgehead atoms. The molecule has 2 aliphatic carbocycles. The average Bonchev–Trinajstić information content (AvgIpc) is 4.47. The van der Waals surface area contributed by atoms with Gasteiger partial charge in [-0.3, -0.25) is 9.59 Å². The van der Waals surface area contributed by atoms with Crippen LogP contribution in [0.25, 0.3) is 22.3 Å². The van der Waals surface area contributed by atoms with Crippen LogP contribution >= 0.6 is 0 Å². The van der Waals surface area contributed by atoms with E-state index in [0.29, 0.717) is 59.2 Å². The van der Waals surface area contributed by atoms with Crippen LogP contribution < -0.4 is 18.9 Å². The Bertz CT molecular complexity index is 2790. The molecule has 0 aliphatic heterocycles. The molecule has 10 nitrogen and oxygen atoms in total. The van der Waals surface area contributed by atoms with E-state index in [-0.39, 0.29) is 59.3 Å². The molecule has 6 aromatic carbocycles. The quantitative estimate of drug-likeness (QED) is 0.0541. The Morgan fingerprint density at radius 3 is 1.22 bits per heavy atom. The smallest absolute Gasteiger partial charge is 0.303 e. The summed E-state index contributed by atoms with van der Waals surface area (Å²) in [6.45, 7) is 13.5. The third-order valence-corrected chi connectivity index (χ3v) is 16.0. The Morgan fingerprint density at radius 1 is 0.513 bits per heavy atom. The maximum atomic E-state index is 15.1. The Morgan fingerprint density at radius 2 is 0.897 bits per heavy atom. The Hall–Kier alpha value is -6.76. The molecule has 2 N–H and O–H groups in total. The highest BCUT2D eigenvalue weighted by Crippen LogP contribution is 2.48. The SMILES string of the molecule is CCC(C)(C)[C@@H](OC)c1cc(COc2cccc([C@H](CC(=O)O)C3CC3)c2)ccc1-c1cc(OC)ccc1F.CCC(C)(C)[C@H](OC)c1cc(COc2cccc([C@H](CC(=O)O)C3CC3)c2)ccc1-c1cc(OC)ccc1F.